The van der Waals surface area contributed by atoms with Gasteiger partial charge in [-0.2, -0.15) is 0 Å². The standard InChI is InChI=1S/C13H18N2O4/c16-9-11-5-13(17)8-14(7-11)6-10-2-1-3-12(4-10)15(18)19/h1-4,11,13,16-17H,5-9H2. The number of β-amino-alcohol motifs (C(OH)–C–C–N with tert-alkyl or cyclic N) is 1. The Kier molecular flexibility index (Phi) is 4.47. The van der Waals surface area contributed by atoms with Crippen LogP contribution in [0.15, 0.2) is 24.3 Å². The van der Waals surface area contributed by atoms with Gasteiger partial charge in [-0.15, -0.1) is 0 Å². The number of rotatable bonds is 4. The van der Waals surface area contributed by atoms with Crippen molar-refractivity contribution in [3.63, 3.8) is 0 Å². The van der Waals surface area contributed by atoms with Gasteiger partial charge in [0.1, 0.15) is 0 Å². The van der Waals surface area contributed by atoms with E-state index in [1.54, 1.807) is 12.1 Å². The molecule has 0 bridgehead atoms. The molecule has 1 fully saturated rings. The van der Waals surface area contributed by atoms with E-state index in [9.17, 15) is 20.3 Å². The number of hydrogen-bond donors (Lipinski definition) is 2. The maximum Gasteiger partial charge on any atom is 0.269 e. The van der Waals surface area contributed by atoms with Crippen molar-refractivity contribution in [3.8, 4) is 0 Å². The van der Waals surface area contributed by atoms with Gasteiger partial charge in [0.15, 0.2) is 0 Å². The van der Waals surface area contributed by atoms with Gasteiger partial charge in [-0.1, -0.05) is 12.1 Å². The Morgan fingerprint density at radius 1 is 1.42 bits per heavy atom. The predicted molar refractivity (Wildman–Crippen MR) is 69.6 cm³/mol. The molecule has 0 saturated carbocycles. The molecule has 1 heterocycles. The molecule has 0 aromatic heterocycles. The average Bonchev–Trinajstić information content (AvgIpc) is 2.38. The van der Waals surface area contributed by atoms with Crippen LogP contribution in [0.4, 0.5) is 5.69 Å². The Hall–Kier alpha value is -1.50. The van der Waals surface area contributed by atoms with Crippen LogP contribution in [0.2, 0.25) is 0 Å². The maximum absolute atomic E-state index is 10.7. The summed E-state index contributed by atoms with van der Waals surface area (Å²) in [5, 5.41) is 29.6. The Bertz CT molecular complexity index is 452. The van der Waals surface area contributed by atoms with E-state index in [2.05, 4.69) is 0 Å². The minimum atomic E-state index is -0.440. The largest absolute Gasteiger partial charge is 0.396 e. The van der Waals surface area contributed by atoms with Gasteiger partial charge in [-0.25, -0.2) is 0 Å². The molecule has 2 atom stereocenters. The highest BCUT2D eigenvalue weighted by Crippen LogP contribution is 2.20. The number of nitro benzene ring substituents is 1. The number of hydrogen-bond acceptors (Lipinski definition) is 5. The van der Waals surface area contributed by atoms with Gasteiger partial charge < -0.3 is 10.2 Å². The van der Waals surface area contributed by atoms with Gasteiger partial charge in [-0.05, 0) is 17.9 Å². The molecule has 0 aliphatic carbocycles. The molecule has 2 rings (SSSR count). The Morgan fingerprint density at radius 3 is 2.89 bits per heavy atom. The molecule has 1 aromatic rings. The van der Waals surface area contributed by atoms with Crippen molar-refractivity contribution in [1.82, 2.24) is 4.90 Å². The normalized spacial score (nSPS) is 24.3. The number of nitrogens with zero attached hydrogens (tertiary/aromatic N) is 2. The molecule has 1 aliphatic rings. The van der Waals surface area contributed by atoms with E-state index in [-0.39, 0.29) is 18.2 Å². The molecule has 6 nitrogen and oxygen atoms in total. The second-order valence-electron chi connectivity index (χ2n) is 5.06. The Labute approximate surface area is 111 Å². The van der Waals surface area contributed by atoms with Gasteiger partial charge >= 0.3 is 0 Å². The van der Waals surface area contributed by atoms with Crippen LogP contribution in [0, 0.1) is 16.0 Å². The number of nitro groups is 1. The van der Waals surface area contributed by atoms with Crippen molar-refractivity contribution in [2.75, 3.05) is 19.7 Å². The summed E-state index contributed by atoms with van der Waals surface area (Å²) in [6, 6.07) is 6.51. The highest BCUT2D eigenvalue weighted by Gasteiger charge is 2.25. The first kappa shape index (κ1) is 13.9. The van der Waals surface area contributed by atoms with Crippen molar-refractivity contribution in [3.05, 3.63) is 39.9 Å². The monoisotopic (exact) mass is 266 g/mol. The van der Waals surface area contributed by atoms with Crippen LogP contribution >= 0.6 is 0 Å². The van der Waals surface area contributed by atoms with Gasteiger partial charge in [0.25, 0.3) is 5.69 Å². The third kappa shape index (κ3) is 3.73. The van der Waals surface area contributed by atoms with Crippen molar-refractivity contribution in [1.29, 1.82) is 0 Å². The first-order chi connectivity index (χ1) is 9.08. The molecule has 1 saturated heterocycles. The molecule has 104 valence electrons. The molecule has 0 amide bonds. The van der Waals surface area contributed by atoms with Crippen LogP contribution in [0.1, 0.15) is 12.0 Å². The molecule has 2 N–H and O–H groups in total. The number of likely N-dealkylation sites (tertiary alicyclic amines) is 1. The lowest BCUT2D eigenvalue weighted by Crippen LogP contribution is -2.43. The van der Waals surface area contributed by atoms with E-state index in [0.717, 1.165) is 5.56 Å². The fourth-order valence-corrected chi connectivity index (χ4v) is 2.56. The smallest absolute Gasteiger partial charge is 0.269 e. The Balaban J connectivity index is 2.03. The zero-order chi connectivity index (χ0) is 13.8. The molecule has 0 radical (unpaired) electrons. The third-order valence-electron chi connectivity index (χ3n) is 3.38. The minimum Gasteiger partial charge on any atom is -0.396 e. The highest BCUT2D eigenvalue weighted by atomic mass is 16.6. The zero-order valence-electron chi connectivity index (χ0n) is 10.6. The van der Waals surface area contributed by atoms with Crippen molar-refractivity contribution in [2.24, 2.45) is 5.92 Å². The molecular formula is C13H18N2O4. The van der Waals surface area contributed by atoms with Crippen molar-refractivity contribution >= 4 is 5.69 Å². The summed E-state index contributed by atoms with van der Waals surface area (Å²) in [7, 11) is 0. The summed E-state index contributed by atoms with van der Waals surface area (Å²) < 4.78 is 0. The van der Waals surface area contributed by atoms with E-state index in [1.165, 1.54) is 6.07 Å². The summed E-state index contributed by atoms with van der Waals surface area (Å²) in [5.41, 5.74) is 0.925. The van der Waals surface area contributed by atoms with E-state index >= 15 is 0 Å². The number of aliphatic hydroxyl groups excluding tert-OH is 2. The number of piperidine rings is 1. The summed E-state index contributed by atoms with van der Waals surface area (Å²) in [6.07, 6.45) is 0.173. The first-order valence-electron chi connectivity index (χ1n) is 6.33. The fourth-order valence-electron chi connectivity index (χ4n) is 2.56. The van der Waals surface area contributed by atoms with Crippen LogP contribution in [0.5, 0.6) is 0 Å². The molecular weight excluding hydrogens is 248 g/mol. The molecule has 1 aliphatic heterocycles. The first-order valence-corrected chi connectivity index (χ1v) is 6.33. The maximum atomic E-state index is 10.7. The van der Waals surface area contributed by atoms with Gasteiger partial charge in [0.2, 0.25) is 0 Å². The quantitative estimate of drug-likeness (QED) is 0.621. The summed E-state index contributed by atoms with van der Waals surface area (Å²) in [6.45, 7) is 1.85. The molecule has 2 unspecified atom stereocenters. The van der Waals surface area contributed by atoms with Crippen LogP contribution in [0.25, 0.3) is 0 Å². The lowest BCUT2D eigenvalue weighted by Gasteiger charge is -2.34. The molecule has 6 heteroatoms. The average molecular weight is 266 g/mol. The second-order valence-corrected chi connectivity index (χ2v) is 5.06. The van der Waals surface area contributed by atoms with Crippen LogP contribution in [-0.4, -0.2) is 45.8 Å². The second kappa shape index (κ2) is 6.10. The van der Waals surface area contributed by atoms with E-state index < -0.39 is 11.0 Å². The lowest BCUT2D eigenvalue weighted by atomic mass is 9.96. The number of aliphatic hydroxyl groups is 2. The van der Waals surface area contributed by atoms with E-state index in [0.29, 0.717) is 26.1 Å². The summed E-state index contributed by atoms with van der Waals surface area (Å²) >= 11 is 0. The van der Waals surface area contributed by atoms with E-state index in [4.69, 9.17) is 0 Å². The van der Waals surface area contributed by atoms with Crippen LogP contribution < -0.4 is 0 Å². The molecule has 19 heavy (non-hydrogen) atoms. The predicted octanol–water partition coefficient (Wildman–Crippen LogP) is 0.770. The fraction of sp³-hybridized carbons (Fsp3) is 0.538. The van der Waals surface area contributed by atoms with Gasteiger partial charge in [0.05, 0.1) is 11.0 Å². The van der Waals surface area contributed by atoms with Gasteiger partial charge in [0, 0.05) is 38.4 Å². The number of non-ortho nitro benzene ring substituents is 1. The van der Waals surface area contributed by atoms with Crippen LogP contribution in [-0.2, 0) is 6.54 Å². The van der Waals surface area contributed by atoms with Crippen LogP contribution in [0.3, 0.4) is 0 Å². The molecule has 1 aromatic carbocycles. The van der Waals surface area contributed by atoms with Crippen molar-refractivity contribution < 1.29 is 15.1 Å². The third-order valence-corrected chi connectivity index (χ3v) is 3.38. The minimum absolute atomic E-state index is 0.0580. The Morgan fingerprint density at radius 2 is 2.21 bits per heavy atom. The highest BCUT2D eigenvalue weighted by molar-refractivity contribution is 5.34. The summed E-state index contributed by atoms with van der Waals surface area (Å²) in [5.74, 6) is 0.0717. The zero-order valence-corrected chi connectivity index (χ0v) is 10.6. The topological polar surface area (TPSA) is 86.8 Å². The van der Waals surface area contributed by atoms with Crippen molar-refractivity contribution in [2.45, 2.75) is 19.1 Å². The SMILES string of the molecule is O=[N+]([O-])c1cccc(CN2CC(O)CC(CO)C2)c1. The lowest BCUT2D eigenvalue weighted by molar-refractivity contribution is -0.384. The summed E-state index contributed by atoms with van der Waals surface area (Å²) in [4.78, 5) is 12.3. The van der Waals surface area contributed by atoms with E-state index in [1.807, 2.05) is 11.0 Å². The van der Waals surface area contributed by atoms with Gasteiger partial charge in [-0.3, -0.25) is 15.0 Å². The number of benzene rings is 1. The molecule has 0 spiro atoms.